The highest BCUT2D eigenvalue weighted by molar-refractivity contribution is 7.99. The summed E-state index contributed by atoms with van der Waals surface area (Å²) in [5, 5.41) is 0. The van der Waals surface area contributed by atoms with Crippen LogP contribution in [0.4, 0.5) is 5.69 Å². The fourth-order valence-corrected chi connectivity index (χ4v) is 5.09. The molecule has 0 radical (unpaired) electrons. The highest BCUT2D eigenvalue weighted by atomic mass is 32.2. The Labute approximate surface area is 175 Å². The number of benzene rings is 3. The lowest BCUT2D eigenvalue weighted by atomic mass is 9.99. The quantitative estimate of drug-likeness (QED) is 0.540. The molecule has 29 heavy (non-hydrogen) atoms. The molecule has 0 atom stereocenters. The standard InChI is InChI=1S/C25H22N2OS/c1-2-21-20-9-5-6-10-23(20)29-24-12-11-18(15-22(24)26-21)25(28)27-14-13-17-7-3-4-8-19(17)16-27/h3-12,15H,2,13-14,16H2,1H3. The van der Waals surface area contributed by atoms with Crippen LogP contribution in [-0.4, -0.2) is 23.1 Å². The molecule has 144 valence electrons. The first-order chi connectivity index (χ1) is 14.2. The molecule has 0 aliphatic carbocycles. The molecule has 1 amide bonds. The second kappa shape index (κ2) is 7.53. The van der Waals surface area contributed by atoms with Crippen molar-refractivity contribution >= 4 is 29.1 Å². The number of fused-ring (bicyclic) bond motifs is 3. The zero-order chi connectivity index (χ0) is 19.8. The highest BCUT2D eigenvalue weighted by Crippen LogP contribution is 2.41. The molecule has 3 nitrogen and oxygen atoms in total. The lowest BCUT2D eigenvalue weighted by Crippen LogP contribution is -2.35. The molecule has 3 aromatic carbocycles. The van der Waals surface area contributed by atoms with Crippen LogP contribution >= 0.6 is 11.8 Å². The van der Waals surface area contributed by atoms with E-state index in [4.69, 9.17) is 4.99 Å². The van der Waals surface area contributed by atoms with Crippen LogP contribution in [0.2, 0.25) is 0 Å². The summed E-state index contributed by atoms with van der Waals surface area (Å²) < 4.78 is 0. The van der Waals surface area contributed by atoms with Gasteiger partial charge in [-0.3, -0.25) is 9.79 Å². The number of hydrogen-bond donors (Lipinski definition) is 0. The summed E-state index contributed by atoms with van der Waals surface area (Å²) >= 11 is 1.73. The van der Waals surface area contributed by atoms with Gasteiger partial charge in [-0.15, -0.1) is 0 Å². The van der Waals surface area contributed by atoms with Crippen LogP contribution in [0.1, 0.15) is 40.4 Å². The number of nitrogens with zero attached hydrogens (tertiary/aromatic N) is 2. The Bertz CT molecular complexity index is 1140. The maximum Gasteiger partial charge on any atom is 0.254 e. The maximum absolute atomic E-state index is 13.2. The van der Waals surface area contributed by atoms with Gasteiger partial charge in [-0.05, 0) is 48.2 Å². The first-order valence-electron chi connectivity index (χ1n) is 10.1. The second-order valence-corrected chi connectivity index (χ2v) is 8.52. The zero-order valence-electron chi connectivity index (χ0n) is 16.4. The van der Waals surface area contributed by atoms with E-state index in [1.165, 1.54) is 21.6 Å². The second-order valence-electron chi connectivity index (χ2n) is 7.44. The van der Waals surface area contributed by atoms with Gasteiger partial charge in [-0.1, -0.05) is 61.2 Å². The van der Waals surface area contributed by atoms with Crippen LogP contribution in [0.3, 0.4) is 0 Å². The molecule has 0 aromatic heterocycles. The smallest absolute Gasteiger partial charge is 0.254 e. The average Bonchev–Trinajstić information content (AvgIpc) is 2.94. The molecule has 0 fully saturated rings. The molecule has 5 rings (SSSR count). The minimum atomic E-state index is 0.0855. The largest absolute Gasteiger partial charge is 0.334 e. The SMILES string of the molecule is CCC1=Nc2cc(C(=O)N3CCc4ccccc4C3)ccc2Sc2ccccc21. The van der Waals surface area contributed by atoms with Gasteiger partial charge in [0.25, 0.3) is 5.91 Å². The molecular weight excluding hydrogens is 376 g/mol. The van der Waals surface area contributed by atoms with Crippen molar-refractivity contribution < 1.29 is 4.79 Å². The van der Waals surface area contributed by atoms with E-state index in [0.717, 1.165) is 35.7 Å². The molecule has 4 heteroatoms. The molecule has 0 saturated heterocycles. The summed E-state index contributed by atoms with van der Waals surface area (Å²) in [6.45, 7) is 3.57. The molecule has 3 aromatic rings. The summed E-state index contributed by atoms with van der Waals surface area (Å²) in [5.41, 5.74) is 6.48. The predicted octanol–water partition coefficient (Wildman–Crippen LogP) is 5.88. The highest BCUT2D eigenvalue weighted by Gasteiger charge is 2.23. The molecule has 0 bridgehead atoms. The Morgan fingerprint density at radius 1 is 1.00 bits per heavy atom. The minimum absolute atomic E-state index is 0.0855. The van der Waals surface area contributed by atoms with Crippen molar-refractivity contribution in [2.45, 2.75) is 36.1 Å². The van der Waals surface area contributed by atoms with Gasteiger partial charge in [0.1, 0.15) is 0 Å². The molecule has 0 N–H and O–H groups in total. The number of amides is 1. The third-order valence-electron chi connectivity index (χ3n) is 5.63. The van der Waals surface area contributed by atoms with Crippen molar-refractivity contribution in [1.82, 2.24) is 4.90 Å². The Morgan fingerprint density at radius 3 is 2.66 bits per heavy atom. The molecular formula is C25H22N2OS. The van der Waals surface area contributed by atoms with Gasteiger partial charge in [0.05, 0.1) is 5.69 Å². The van der Waals surface area contributed by atoms with Crippen LogP contribution in [0.25, 0.3) is 0 Å². The summed E-state index contributed by atoms with van der Waals surface area (Å²) in [6, 6.07) is 22.8. The summed E-state index contributed by atoms with van der Waals surface area (Å²) in [5.74, 6) is 0.0855. The van der Waals surface area contributed by atoms with Crippen LogP contribution in [0.15, 0.2) is 81.5 Å². The number of hydrogen-bond acceptors (Lipinski definition) is 3. The average molecular weight is 399 g/mol. The molecule has 0 saturated carbocycles. The van der Waals surface area contributed by atoms with E-state index < -0.39 is 0 Å². The third kappa shape index (κ3) is 3.38. The Balaban J connectivity index is 1.48. The van der Waals surface area contributed by atoms with Crippen LogP contribution in [0.5, 0.6) is 0 Å². The van der Waals surface area contributed by atoms with E-state index >= 15 is 0 Å². The van der Waals surface area contributed by atoms with Crippen molar-refractivity contribution in [2.24, 2.45) is 4.99 Å². The monoisotopic (exact) mass is 398 g/mol. The van der Waals surface area contributed by atoms with Gasteiger partial charge in [0.2, 0.25) is 0 Å². The van der Waals surface area contributed by atoms with Gasteiger partial charge in [-0.2, -0.15) is 0 Å². The third-order valence-corrected chi connectivity index (χ3v) is 6.77. The fraction of sp³-hybridized carbons (Fsp3) is 0.200. The zero-order valence-corrected chi connectivity index (χ0v) is 17.2. The first-order valence-corrected chi connectivity index (χ1v) is 10.9. The Kier molecular flexibility index (Phi) is 4.72. The van der Waals surface area contributed by atoms with Crippen LogP contribution < -0.4 is 0 Å². The summed E-state index contributed by atoms with van der Waals surface area (Å²) in [4.78, 5) is 22.4. The minimum Gasteiger partial charge on any atom is -0.334 e. The molecule has 2 aliphatic rings. The van der Waals surface area contributed by atoms with Crippen molar-refractivity contribution in [3.8, 4) is 0 Å². The van der Waals surface area contributed by atoms with E-state index in [-0.39, 0.29) is 5.91 Å². The number of carbonyl (C=O) groups is 1. The molecule has 0 spiro atoms. The van der Waals surface area contributed by atoms with Crippen molar-refractivity contribution in [3.05, 3.63) is 89.0 Å². The summed E-state index contributed by atoms with van der Waals surface area (Å²) in [7, 11) is 0. The normalized spacial score (nSPS) is 14.9. The number of carbonyl (C=O) groups excluding carboxylic acids is 1. The first kappa shape index (κ1) is 18.2. The van der Waals surface area contributed by atoms with Crippen molar-refractivity contribution in [3.63, 3.8) is 0 Å². The van der Waals surface area contributed by atoms with Gasteiger partial charge >= 0.3 is 0 Å². The van der Waals surface area contributed by atoms with Crippen molar-refractivity contribution in [1.29, 1.82) is 0 Å². The number of aliphatic imine (C=N–C) groups is 1. The van der Waals surface area contributed by atoms with Crippen LogP contribution in [-0.2, 0) is 13.0 Å². The van der Waals surface area contributed by atoms with E-state index in [2.05, 4.69) is 49.4 Å². The molecule has 0 unspecified atom stereocenters. The van der Waals surface area contributed by atoms with Crippen molar-refractivity contribution in [2.75, 3.05) is 6.54 Å². The van der Waals surface area contributed by atoms with Crippen LogP contribution in [0, 0.1) is 0 Å². The Morgan fingerprint density at radius 2 is 1.79 bits per heavy atom. The van der Waals surface area contributed by atoms with Gasteiger partial charge in [0.15, 0.2) is 0 Å². The number of rotatable bonds is 2. The Hall–Kier alpha value is -2.85. The van der Waals surface area contributed by atoms with E-state index in [9.17, 15) is 4.79 Å². The van der Waals surface area contributed by atoms with E-state index in [0.29, 0.717) is 12.1 Å². The van der Waals surface area contributed by atoms with Gasteiger partial charge < -0.3 is 4.90 Å². The predicted molar refractivity (Wildman–Crippen MR) is 118 cm³/mol. The molecule has 2 heterocycles. The lowest BCUT2D eigenvalue weighted by molar-refractivity contribution is 0.0734. The topological polar surface area (TPSA) is 32.7 Å². The maximum atomic E-state index is 13.2. The lowest BCUT2D eigenvalue weighted by Gasteiger charge is -2.29. The van der Waals surface area contributed by atoms with E-state index in [1.54, 1.807) is 11.8 Å². The molecule has 2 aliphatic heterocycles. The summed E-state index contributed by atoms with van der Waals surface area (Å²) in [6.07, 6.45) is 1.77. The fourth-order valence-electron chi connectivity index (χ4n) is 4.06. The van der Waals surface area contributed by atoms with Gasteiger partial charge in [-0.25, -0.2) is 0 Å². The van der Waals surface area contributed by atoms with Gasteiger partial charge in [0, 0.05) is 39.7 Å². The van der Waals surface area contributed by atoms with E-state index in [1.807, 2.05) is 29.2 Å².